The van der Waals surface area contributed by atoms with Gasteiger partial charge in [-0.3, -0.25) is 13.9 Å². The number of fused-ring (bicyclic) bond motifs is 1. The molecular weight excluding hydrogens is 545 g/mol. The molecule has 0 aromatic heterocycles. The van der Waals surface area contributed by atoms with Gasteiger partial charge < -0.3 is 10.2 Å². The minimum atomic E-state index is -3.86. The smallest absolute Gasteiger partial charge is 0.244 e. The van der Waals surface area contributed by atoms with E-state index in [2.05, 4.69) is 5.32 Å². The Kier molecular flexibility index (Phi) is 8.85. The Morgan fingerprint density at radius 2 is 1.58 bits per heavy atom. The lowest BCUT2D eigenvalue weighted by Gasteiger charge is -2.32. The zero-order valence-corrected chi connectivity index (χ0v) is 23.7. The van der Waals surface area contributed by atoms with Crippen LogP contribution in [0.25, 0.3) is 10.8 Å². The van der Waals surface area contributed by atoms with Crippen LogP contribution in [0.2, 0.25) is 10.0 Å². The molecule has 3 aromatic carbocycles. The van der Waals surface area contributed by atoms with Crippen LogP contribution in [0.3, 0.4) is 0 Å². The van der Waals surface area contributed by atoms with E-state index in [1.807, 2.05) is 30.3 Å². The number of amides is 2. The Morgan fingerprint density at radius 1 is 0.974 bits per heavy atom. The fourth-order valence-electron chi connectivity index (χ4n) is 4.85. The molecule has 0 radical (unpaired) electrons. The van der Waals surface area contributed by atoms with Crippen LogP contribution in [-0.2, 0) is 26.2 Å². The average Bonchev–Trinajstić information content (AvgIpc) is 3.39. The molecule has 0 heterocycles. The van der Waals surface area contributed by atoms with E-state index < -0.39 is 28.5 Å². The molecule has 1 aliphatic carbocycles. The van der Waals surface area contributed by atoms with Crippen molar-refractivity contribution in [3.8, 4) is 0 Å². The van der Waals surface area contributed by atoms with Gasteiger partial charge in [0.05, 0.1) is 11.9 Å². The second kappa shape index (κ2) is 11.9. The number of halogens is 2. The molecule has 1 aliphatic rings. The van der Waals surface area contributed by atoms with E-state index in [1.165, 1.54) is 4.90 Å². The van der Waals surface area contributed by atoms with E-state index in [1.54, 1.807) is 37.3 Å². The Morgan fingerprint density at radius 3 is 2.24 bits per heavy atom. The maximum Gasteiger partial charge on any atom is 0.244 e. The predicted molar refractivity (Wildman–Crippen MR) is 153 cm³/mol. The quantitative estimate of drug-likeness (QED) is 0.370. The standard InChI is InChI=1S/C28H31Cl2N3O4S/c1-19(28(35)31-21-11-4-5-12-21)32(17-23-24(29)14-8-15-25(23)30)27(34)18-33(38(2,36)37)26-16-7-10-20-9-3-6-13-22(20)26/h3,6-10,13-16,19,21H,4-5,11-12,17-18H2,1-2H3,(H,31,35)/t19-/m1/s1. The summed E-state index contributed by atoms with van der Waals surface area (Å²) in [5, 5.41) is 5.28. The molecule has 10 heteroatoms. The monoisotopic (exact) mass is 575 g/mol. The van der Waals surface area contributed by atoms with Crippen molar-refractivity contribution in [1.29, 1.82) is 0 Å². The van der Waals surface area contributed by atoms with Crippen LogP contribution in [0.4, 0.5) is 5.69 Å². The molecule has 0 spiro atoms. The first-order chi connectivity index (χ1) is 18.1. The zero-order chi connectivity index (χ0) is 27.4. The molecule has 7 nitrogen and oxygen atoms in total. The highest BCUT2D eigenvalue weighted by Crippen LogP contribution is 2.30. The highest BCUT2D eigenvalue weighted by molar-refractivity contribution is 7.92. The van der Waals surface area contributed by atoms with Crippen LogP contribution >= 0.6 is 23.2 Å². The Labute approximate surface area is 233 Å². The maximum absolute atomic E-state index is 13.9. The number of nitrogens with one attached hydrogen (secondary N) is 1. The summed E-state index contributed by atoms with van der Waals surface area (Å²) in [6, 6.07) is 16.9. The molecule has 0 bridgehead atoms. The Balaban J connectivity index is 1.69. The highest BCUT2D eigenvalue weighted by Gasteiger charge is 2.32. The molecule has 1 N–H and O–H groups in total. The molecule has 0 saturated heterocycles. The van der Waals surface area contributed by atoms with Gasteiger partial charge in [-0.05, 0) is 43.4 Å². The third-order valence-corrected chi connectivity index (χ3v) is 8.81. The number of hydrogen-bond acceptors (Lipinski definition) is 4. The van der Waals surface area contributed by atoms with Gasteiger partial charge >= 0.3 is 0 Å². The minimum absolute atomic E-state index is 0.0519. The molecule has 1 atom stereocenters. The van der Waals surface area contributed by atoms with Gasteiger partial charge in [-0.2, -0.15) is 0 Å². The maximum atomic E-state index is 13.9. The van der Waals surface area contributed by atoms with Crippen molar-refractivity contribution in [2.45, 2.75) is 51.2 Å². The van der Waals surface area contributed by atoms with E-state index in [4.69, 9.17) is 23.2 Å². The number of rotatable bonds is 9. The van der Waals surface area contributed by atoms with Crippen LogP contribution in [0.1, 0.15) is 38.2 Å². The number of carbonyl (C=O) groups excluding carboxylic acids is 2. The van der Waals surface area contributed by atoms with Gasteiger partial charge in [0.1, 0.15) is 12.6 Å². The molecule has 3 aromatic rings. The molecule has 202 valence electrons. The topological polar surface area (TPSA) is 86.8 Å². The van der Waals surface area contributed by atoms with Crippen LogP contribution in [0.5, 0.6) is 0 Å². The summed E-state index contributed by atoms with van der Waals surface area (Å²) in [5.74, 6) is -0.849. The third-order valence-electron chi connectivity index (χ3n) is 6.97. The van der Waals surface area contributed by atoms with E-state index in [9.17, 15) is 18.0 Å². The Bertz CT molecular complexity index is 1420. The van der Waals surface area contributed by atoms with Gasteiger partial charge in [0.15, 0.2) is 0 Å². The molecular formula is C28H31Cl2N3O4S. The molecule has 1 saturated carbocycles. The summed E-state index contributed by atoms with van der Waals surface area (Å²) in [6.45, 7) is 1.09. The zero-order valence-electron chi connectivity index (χ0n) is 21.4. The van der Waals surface area contributed by atoms with Crippen molar-refractivity contribution in [1.82, 2.24) is 10.2 Å². The molecule has 0 aliphatic heterocycles. The summed E-state index contributed by atoms with van der Waals surface area (Å²) in [4.78, 5) is 28.5. The minimum Gasteiger partial charge on any atom is -0.352 e. The molecule has 4 rings (SSSR count). The third kappa shape index (κ3) is 6.42. The SMILES string of the molecule is C[C@H](C(=O)NC1CCCC1)N(Cc1c(Cl)cccc1Cl)C(=O)CN(c1cccc2ccccc12)S(C)(=O)=O. The Hall–Kier alpha value is -2.81. The number of anilines is 1. The summed E-state index contributed by atoms with van der Waals surface area (Å²) in [6.07, 6.45) is 4.95. The van der Waals surface area contributed by atoms with Gasteiger partial charge in [-0.25, -0.2) is 8.42 Å². The fraction of sp³-hybridized carbons (Fsp3) is 0.357. The summed E-state index contributed by atoms with van der Waals surface area (Å²) in [5.41, 5.74) is 0.874. The second-order valence-corrected chi connectivity index (χ2v) is 12.4. The van der Waals surface area contributed by atoms with Crippen LogP contribution in [0.15, 0.2) is 60.7 Å². The lowest BCUT2D eigenvalue weighted by Crippen LogP contribution is -2.52. The van der Waals surface area contributed by atoms with Gasteiger partial charge in [-0.1, -0.05) is 78.5 Å². The van der Waals surface area contributed by atoms with Gasteiger partial charge in [0.25, 0.3) is 0 Å². The number of nitrogens with zero attached hydrogens (tertiary/aromatic N) is 2. The summed E-state index contributed by atoms with van der Waals surface area (Å²) in [7, 11) is -3.86. The second-order valence-electron chi connectivity index (χ2n) is 9.66. The lowest BCUT2D eigenvalue weighted by atomic mass is 10.1. The predicted octanol–water partition coefficient (Wildman–Crippen LogP) is 5.39. The summed E-state index contributed by atoms with van der Waals surface area (Å²) < 4.78 is 27.0. The van der Waals surface area contributed by atoms with E-state index >= 15 is 0 Å². The van der Waals surface area contributed by atoms with Crippen molar-refractivity contribution >= 4 is 61.5 Å². The fourth-order valence-corrected chi connectivity index (χ4v) is 6.23. The molecule has 38 heavy (non-hydrogen) atoms. The highest BCUT2D eigenvalue weighted by atomic mass is 35.5. The first kappa shape index (κ1) is 28.2. The first-order valence-electron chi connectivity index (χ1n) is 12.5. The van der Waals surface area contributed by atoms with Gasteiger partial charge in [-0.15, -0.1) is 0 Å². The van der Waals surface area contributed by atoms with Gasteiger partial charge in [0.2, 0.25) is 21.8 Å². The van der Waals surface area contributed by atoms with Crippen LogP contribution < -0.4 is 9.62 Å². The summed E-state index contributed by atoms with van der Waals surface area (Å²) >= 11 is 12.8. The van der Waals surface area contributed by atoms with E-state index in [-0.39, 0.29) is 18.5 Å². The molecule has 2 amide bonds. The van der Waals surface area contributed by atoms with Crippen molar-refractivity contribution in [3.63, 3.8) is 0 Å². The molecule has 0 unspecified atom stereocenters. The van der Waals surface area contributed by atoms with Crippen LogP contribution in [0, 0.1) is 0 Å². The van der Waals surface area contributed by atoms with Crippen molar-refractivity contribution in [3.05, 3.63) is 76.3 Å². The average molecular weight is 577 g/mol. The van der Waals surface area contributed by atoms with Crippen molar-refractivity contribution < 1.29 is 18.0 Å². The van der Waals surface area contributed by atoms with Crippen molar-refractivity contribution in [2.75, 3.05) is 17.1 Å². The largest absolute Gasteiger partial charge is 0.352 e. The number of hydrogen-bond donors (Lipinski definition) is 1. The first-order valence-corrected chi connectivity index (χ1v) is 15.1. The van der Waals surface area contributed by atoms with Gasteiger partial charge in [0, 0.05) is 33.6 Å². The van der Waals surface area contributed by atoms with E-state index in [0.29, 0.717) is 26.7 Å². The molecule has 1 fully saturated rings. The lowest BCUT2D eigenvalue weighted by molar-refractivity contribution is -0.139. The number of benzene rings is 3. The van der Waals surface area contributed by atoms with Crippen molar-refractivity contribution in [2.24, 2.45) is 0 Å². The van der Waals surface area contributed by atoms with E-state index in [0.717, 1.165) is 41.6 Å². The van der Waals surface area contributed by atoms with Crippen LogP contribution in [-0.4, -0.2) is 50.0 Å². The number of carbonyl (C=O) groups is 2. The number of sulfonamides is 1. The normalized spacial score (nSPS) is 14.8.